The van der Waals surface area contributed by atoms with Gasteiger partial charge in [0.2, 0.25) is 0 Å². The Morgan fingerprint density at radius 1 is 1.19 bits per heavy atom. The zero-order chi connectivity index (χ0) is 14.6. The third-order valence-electron chi connectivity index (χ3n) is 2.81. The molecule has 0 heterocycles. The molecule has 2 N–H and O–H groups in total. The van der Waals surface area contributed by atoms with Crippen molar-refractivity contribution in [3.63, 3.8) is 0 Å². The minimum atomic E-state index is 0. The Hall–Kier alpha value is -0.340. The highest BCUT2D eigenvalue weighted by Crippen LogP contribution is 2.10. The fraction of sp³-hybridized carbons (Fsp3) is 0.533. The van der Waals surface area contributed by atoms with E-state index in [4.69, 9.17) is 4.74 Å². The van der Waals surface area contributed by atoms with Gasteiger partial charge in [-0.1, -0.05) is 28.1 Å². The third-order valence-corrected chi connectivity index (χ3v) is 3.34. The SMILES string of the molecule is CCOCCCCNC(=NC)NCc1ccc(Br)cc1.I. The van der Waals surface area contributed by atoms with E-state index in [0.29, 0.717) is 0 Å². The Kier molecular flexibility index (Phi) is 13.1. The Balaban J connectivity index is 0.00000400. The van der Waals surface area contributed by atoms with E-state index in [9.17, 15) is 0 Å². The van der Waals surface area contributed by atoms with Crippen LogP contribution >= 0.6 is 39.9 Å². The summed E-state index contributed by atoms with van der Waals surface area (Å²) in [5, 5.41) is 6.60. The van der Waals surface area contributed by atoms with Crippen molar-refractivity contribution >= 4 is 45.9 Å². The molecule has 6 heteroatoms. The largest absolute Gasteiger partial charge is 0.382 e. The highest BCUT2D eigenvalue weighted by atomic mass is 127. The lowest BCUT2D eigenvalue weighted by Crippen LogP contribution is -2.37. The summed E-state index contributed by atoms with van der Waals surface area (Å²) in [6, 6.07) is 8.26. The Labute approximate surface area is 153 Å². The average molecular weight is 470 g/mol. The molecule has 0 aliphatic rings. The zero-order valence-electron chi connectivity index (χ0n) is 12.7. The molecule has 21 heavy (non-hydrogen) atoms. The highest BCUT2D eigenvalue weighted by molar-refractivity contribution is 14.0. The van der Waals surface area contributed by atoms with Crippen molar-refractivity contribution in [3.8, 4) is 0 Å². The van der Waals surface area contributed by atoms with Gasteiger partial charge in [-0.15, -0.1) is 24.0 Å². The first kappa shape index (κ1) is 20.7. The Morgan fingerprint density at radius 2 is 1.90 bits per heavy atom. The number of rotatable bonds is 8. The molecular weight excluding hydrogens is 445 g/mol. The molecule has 0 aromatic heterocycles. The Bertz CT molecular complexity index is 398. The van der Waals surface area contributed by atoms with Gasteiger partial charge in [0.05, 0.1) is 0 Å². The molecule has 0 amide bonds. The van der Waals surface area contributed by atoms with Crippen LogP contribution in [0.5, 0.6) is 0 Å². The molecule has 4 nitrogen and oxygen atoms in total. The number of hydrogen-bond donors (Lipinski definition) is 2. The summed E-state index contributed by atoms with van der Waals surface area (Å²) in [6.07, 6.45) is 2.16. The summed E-state index contributed by atoms with van der Waals surface area (Å²) in [4.78, 5) is 4.21. The van der Waals surface area contributed by atoms with Gasteiger partial charge in [0.1, 0.15) is 0 Å². The number of ether oxygens (including phenoxy) is 1. The number of aliphatic imine (C=N–C) groups is 1. The van der Waals surface area contributed by atoms with Crippen LogP contribution in [0.1, 0.15) is 25.3 Å². The standard InChI is InChI=1S/C15H24BrN3O.HI/c1-3-20-11-5-4-10-18-15(17-2)19-12-13-6-8-14(16)9-7-13;/h6-9H,3-5,10-12H2,1-2H3,(H2,17,18,19);1H. The summed E-state index contributed by atoms with van der Waals surface area (Å²) >= 11 is 3.43. The van der Waals surface area contributed by atoms with E-state index in [-0.39, 0.29) is 24.0 Å². The minimum absolute atomic E-state index is 0. The number of hydrogen-bond acceptors (Lipinski definition) is 2. The van der Waals surface area contributed by atoms with Crippen LogP contribution in [0.25, 0.3) is 0 Å². The first-order chi connectivity index (χ1) is 9.76. The van der Waals surface area contributed by atoms with Crippen molar-refractivity contribution in [1.82, 2.24) is 10.6 Å². The lowest BCUT2D eigenvalue weighted by molar-refractivity contribution is 0.143. The highest BCUT2D eigenvalue weighted by Gasteiger charge is 1.98. The van der Waals surface area contributed by atoms with Gasteiger partial charge in [-0.3, -0.25) is 4.99 Å². The van der Waals surface area contributed by atoms with E-state index in [1.54, 1.807) is 7.05 Å². The smallest absolute Gasteiger partial charge is 0.191 e. The van der Waals surface area contributed by atoms with Gasteiger partial charge in [0.25, 0.3) is 0 Å². The van der Waals surface area contributed by atoms with Gasteiger partial charge in [0, 0.05) is 37.8 Å². The van der Waals surface area contributed by atoms with Crippen molar-refractivity contribution in [2.75, 3.05) is 26.8 Å². The summed E-state index contributed by atoms with van der Waals surface area (Å²) in [5.41, 5.74) is 1.23. The first-order valence-corrected chi connectivity index (χ1v) is 7.82. The second-order valence-corrected chi connectivity index (χ2v) is 5.30. The van der Waals surface area contributed by atoms with E-state index in [0.717, 1.165) is 49.6 Å². The van der Waals surface area contributed by atoms with Crippen molar-refractivity contribution in [2.45, 2.75) is 26.3 Å². The van der Waals surface area contributed by atoms with Crippen LogP contribution < -0.4 is 10.6 Å². The van der Waals surface area contributed by atoms with Crippen LogP contribution in [0.2, 0.25) is 0 Å². The third kappa shape index (κ3) is 10.1. The van der Waals surface area contributed by atoms with Crippen molar-refractivity contribution in [1.29, 1.82) is 0 Å². The predicted octanol–water partition coefficient (Wildman–Crippen LogP) is 3.55. The van der Waals surface area contributed by atoms with Gasteiger partial charge < -0.3 is 15.4 Å². The molecule has 0 aliphatic heterocycles. The fourth-order valence-electron chi connectivity index (χ4n) is 1.69. The topological polar surface area (TPSA) is 45.6 Å². The molecule has 0 aliphatic carbocycles. The number of unbranched alkanes of at least 4 members (excludes halogenated alkanes) is 1. The average Bonchev–Trinajstić information content (AvgIpc) is 2.47. The summed E-state index contributed by atoms with van der Waals surface area (Å²) in [5.74, 6) is 0.837. The van der Waals surface area contributed by atoms with Crippen molar-refractivity contribution in [2.24, 2.45) is 4.99 Å². The monoisotopic (exact) mass is 469 g/mol. The number of benzene rings is 1. The quantitative estimate of drug-likeness (QED) is 0.265. The number of nitrogens with zero attached hydrogens (tertiary/aromatic N) is 1. The van der Waals surface area contributed by atoms with Crippen LogP contribution in [0.4, 0.5) is 0 Å². The predicted molar refractivity (Wildman–Crippen MR) is 103 cm³/mol. The number of guanidine groups is 1. The van der Waals surface area contributed by atoms with Gasteiger partial charge in [-0.2, -0.15) is 0 Å². The maximum absolute atomic E-state index is 5.30. The molecule has 120 valence electrons. The molecule has 0 fully saturated rings. The number of halogens is 2. The van der Waals surface area contributed by atoms with Crippen LogP contribution in [0.3, 0.4) is 0 Å². The summed E-state index contributed by atoms with van der Waals surface area (Å²) in [6.45, 7) is 5.33. The molecule has 0 saturated heterocycles. The molecule has 0 saturated carbocycles. The molecule has 0 atom stereocenters. The Morgan fingerprint density at radius 3 is 2.52 bits per heavy atom. The lowest BCUT2D eigenvalue weighted by Gasteiger charge is -2.12. The van der Waals surface area contributed by atoms with Crippen LogP contribution in [-0.2, 0) is 11.3 Å². The van der Waals surface area contributed by atoms with E-state index < -0.39 is 0 Å². The first-order valence-electron chi connectivity index (χ1n) is 7.03. The van der Waals surface area contributed by atoms with Crippen LogP contribution in [0, 0.1) is 0 Å². The van der Waals surface area contributed by atoms with E-state index in [1.165, 1.54) is 5.56 Å². The molecular formula is C15H25BrIN3O. The van der Waals surface area contributed by atoms with Gasteiger partial charge >= 0.3 is 0 Å². The molecule has 0 unspecified atom stereocenters. The van der Waals surface area contributed by atoms with Crippen molar-refractivity contribution in [3.05, 3.63) is 34.3 Å². The molecule has 1 rings (SSSR count). The molecule has 0 spiro atoms. The second-order valence-electron chi connectivity index (χ2n) is 4.38. The molecule has 0 bridgehead atoms. The summed E-state index contributed by atoms with van der Waals surface area (Å²) < 4.78 is 6.40. The summed E-state index contributed by atoms with van der Waals surface area (Å²) in [7, 11) is 1.79. The van der Waals surface area contributed by atoms with Gasteiger partial charge in [-0.05, 0) is 37.5 Å². The van der Waals surface area contributed by atoms with E-state index in [2.05, 4.69) is 43.7 Å². The number of nitrogens with one attached hydrogen (secondary N) is 2. The zero-order valence-corrected chi connectivity index (χ0v) is 16.6. The van der Waals surface area contributed by atoms with Gasteiger partial charge in [-0.25, -0.2) is 0 Å². The lowest BCUT2D eigenvalue weighted by atomic mass is 10.2. The van der Waals surface area contributed by atoms with Gasteiger partial charge in [0.15, 0.2) is 5.96 Å². The molecule has 1 aromatic carbocycles. The van der Waals surface area contributed by atoms with E-state index >= 15 is 0 Å². The molecule has 1 aromatic rings. The fourth-order valence-corrected chi connectivity index (χ4v) is 1.95. The van der Waals surface area contributed by atoms with Crippen LogP contribution in [-0.4, -0.2) is 32.8 Å². The van der Waals surface area contributed by atoms with E-state index in [1.807, 2.05) is 19.1 Å². The maximum atomic E-state index is 5.30. The normalized spacial score (nSPS) is 10.9. The second kappa shape index (κ2) is 13.3. The van der Waals surface area contributed by atoms with Crippen molar-refractivity contribution < 1.29 is 4.74 Å². The maximum Gasteiger partial charge on any atom is 0.191 e. The minimum Gasteiger partial charge on any atom is -0.382 e. The van der Waals surface area contributed by atoms with Crippen LogP contribution in [0.15, 0.2) is 33.7 Å². The molecule has 0 radical (unpaired) electrons.